The Labute approximate surface area is 161 Å². The van der Waals surface area contributed by atoms with Crippen LogP contribution in [0.5, 0.6) is 5.75 Å². The van der Waals surface area contributed by atoms with Gasteiger partial charge in [-0.25, -0.2) is 0 Å². The minimum Gasteiger partial charge on any atom is -0.497 e. The van der Waals surface area contributed by atoms with Crippen LogP contribution >= 0.6 is 22.7 Å². The van der Waals surface area contributed by atoms with Crippen molar-refractivity contribution >= 4 is 34.3 Å². The predicted molar refractivity (Wildman–Crippen MR) is 107 cm³/mol. The Kier molecular flexibility index (Phi) is 5.06. The first-order valence-corrected chi connectivity index (χ1v) is 10.4. The van der Waals surface area contributed by atoms with Crippen LogP contribution in [0.3, 0.4) is 0 Å². The molecule has 1 aromatic carbocycles. The van der Waals surface area contributed by atoms with Gasteiger partial charge in [-0.2, -0.15) is 0 Å². The molecule has 4 rings (SSSR count). The molecule has 3 heterocycles. The van der Waals surface area contributed by atoms with Crippen LogP contribution < -0.4 is 15.0 Å². The molecule has 2 aromatic heterocycles. The number of quaternary nitrogens is 1. The fraction of sp³-hybridized carbons (Fsp3) is 0.250. The molecule has 2 N–H and O–H groups in total. The number of fused-ring (bicyclic) bond motifs is 1. The fourth-order valence-corrected chi connectivity index (χ4v) is 5.36. The van der Waals surface area contributed by atoms with Crippen molar-refractivity contribution in [2.75, 3.05) is 25.5 Å². The molecule has 0 radical (unpaired) electrons. The van der Waals surface area contributed by atoms with Crippen molar-refractivity contribution < 1.29 is 14.4 Å². The number of amides is 1. The predicted octanol–water partition coefficient (Wildman–Crippen LogP) is 2.99. The minimum atomic E-state index is 0.0467. The van der Waals surface area contributed by atoms with E-state index in [9.17, 15) is 4.79 Å². The van der Waals surface area contributed by atoms with Crippen LogP contribution in [0.2, 0.25) is 0 Å². The van der Waals surface area contributed by atoms with E-state index in [1.165, 1.54) is 20.2 Å². The second-order valence-corrected chi connectivity index (χ2v) is 8.34. The Hall–Kier alpha value is -2.15. The van der Waals surface area contributed by atoms with Gasteiger partial charge in [0.1, 0.15) is 11.8 Å². The van der Waals surface area contributed by atoms with E-state index in [1.54, 1.807) is 18.4 Å². The van der Waals surface area contributed by atoms with Gasteiger partial charge in [0.2, 0.25) is 0 Å². The molecule has 6 heteroatoms. The molecule has 0 saturated carbocycles. The maximum Gasteiger partial charge on any atom is 0.279 e. The third-order valence-electron chi connectivity index (χ3n) is 4.76. The number of benzene rings is 1. The molecule has 3 aromatic rings. The SMILES string of the molecule is COc1ccc(NC(=O)C[NH+]2CCc3sccc3[C@@H]2c2cccs2)cc1. The molecular formula is C20H21N2O2S2+. The van der Waals surface area contributed by atoms with E-state index in [0.717, 1.165) is 24.4 Å². The van der Waals surface area contributed by atoms with Gasteiger partial charge >= 0.3 is 0 Å². The molecular weight excluding hydrogens is 364 g/mol. The quantitative estimate of drug-likeness (QED) is 0.709. The summed E-state index contributed by atoms with van der Waals surface area (Å²) in [5, 5.41) is 7.30. The summed E-state index contributed by atoms with van der Waals surface area (Å²) in [6.07, 6.45) is 1.04. The van der Waals surface area contributed by atoms with Crippen LogP contribution in [0.1, 0.15) is 21.4 Å². The van der Waals surface area contributed by atoms with Crippen LogP contribution in [0.15, 0.2) is 53.2 Å². The first-order valence-electron chi connectivity index (χ1n) is 8.63. The standard InChI is InChI=1S/C20H20N2O2S2/c1-24-15-6-4-14(5-7-15)21-19(23)13-22-10-8-17-16(9-12-26-17)20(22)18-3-2-11-25-18/h2-7,9,11-12,20H,8,10,13H2,1H3,(H,21,23)/p+1/t20-/m1/s1. The van der Waals surface area contributed by atoms with Crippen molar-refractivity contribution in [2.24, 2.45) is 0 Å². The van der Waals surface area contributed by atoms with Crippen molar-refractivity contribution in [3.63, 3.8) is 0 Å². The smallest absolute Gasteiger partial charge is 0.279 e. The zero-order valence-corrected chi connectivity index (χ0v) is 16.2. The van der Waals surface area contributed by atoms with Crippen molar-refractivity contribution in [1.82, 2.24) is 0 Å². The number of hydrogen-bond donors (Lipinski definition) is 2. The van der Waals surface area contributed by atoms with E-state index in [1.807, 2.05) is 35.6 Å². The highest BCUT2D eigenvalue weighted by Crippen LogP contribution is 2.31. The Bertz CT molecular complexity index is 872. The number of nitrogens with one attached hydrogen (secondary N) is 2. The summed E-state index contributed by atoms with van der Waals surface area (Å²) >= 11 is 3.61. The number of carbonyl (C=O) groups excluding carboxylic acids is 1. The summed E-state index contributed by atoms with van der Waals surface area (Å²) in [5.74, 6) is 0.831. The number of hydrogen-bond acceptors (Lipinski definition) is 4. The van der Waals surface area contributed by atoms with Crippen molar-refractivity contribution in [3.8, 4) is 5.75 Å². The zero-order chi connectivity index (χ0) is 17.9. The van der Waals surface area contributed by atoms with Crippen molar-refractivity contribution in [1.29, 1.82) is 0 Å². The van der Waals surface area contributed by atoms with Crippen LogP contribution in [0.4, 0.5) is 5.69 Å². The van der Waals surface area contributed by atoms with Gasteiger partial charge in [0, 0.05) is 22.5 Å². The highest BCUT2D eigenvalue weighted by atomic mass is 32.1. The second-order valence-electron chi connectivity index (χ2n) is 6.36. The third-order valence-corrected chi connectivity index (χ3v) is 6.70. The highest BCUT2D eigenvalue weighted by molar-refractivity contribution is 7.10. The van der Waals surface area contributed by atoms with Gasteiger partial charge in [-0.15, -0.1) is 22.7 Å². The van der Waals surface area contributed by atoms with Crippen molar-refractivity contribution in [3.05, 3.63) is 68.5 Å². The maximum atomic E-state index is 12.6. The summed E-state index contributed by atoms with van der Waals surface area (Å²) in [6.45, 7) is 1.44. The molecule has 134 valence electrons. The summed E-state index contributed by atoms with van der Waals surface area (Å²) in [6, 6.07) is 14.2. The van der Waals surface area contributed by atoms with Crippen LogP contribution in [-0.2, 0) is 11.2 Å². The van der Waals surface area contributed by atoms with Gasteiger partial charge in [0.05, 0.1) is 18.5 Å². The number of thiophene rings is 2. The molecule has 4 nitrogen and oxygen atoms in total. The highest BCUT2D eigenvalue weighted by Gasteiger charge is 2.35. The lowest BCUT2D eigenvalue weighted by molar-refractivity contribution is -0.919. The third kappa shape index (κ3) is 3.53. The number of carbonyl (C=O) groups is 1. The molecule has 0 saturated heterocycles. The Morgan fingerprint density at radius 1 is 1.19 bits per heavy atom. The van der Waals surface area contributed by atoms with Gasteiger partial charge in [-0.1, -0.05) is 6.07 Å². The van der Waals surface area contributed by atoms with E-state index < -0.39 is 0 Å². The molecule has 1 unspecified atom stereocenters. The summed E-state index contributed by atoms with van der Waals surface area (Å²) in [5.41, 5.74) is 2.19. The number of anilines is 1. The lowest BCUT2D eigenvalue weighted by atomic mass is 9.98. The number of methoxy groups -OCH3 is 1. The van der Waals surface area contributed by atoms with Crippen molar-refractivity contribution in [2.45, 2.75) is 12.5 Å². The van der Waals surface area contributed by atoms with Gasteiger partial charge in [0.25, 0.3) is 5.91 Å². The normalized spacial score (nSPS) is 19.0. The largest absolute Gasteiger partial charge is 0.497 e. The van der Waals surface area contributed by atoms with Gasteiger partial charge in [-0.05, 0) is 47.2 Å². The molecule has 26 heavy (non-hydrogen) atoms. The monoisotopic (exact) mass is 385 g/mol. The first kappa shape index (κ1) is 17.3. The average molecular weight is 386 g/mol. The Morgan fingerprint density at radius 2 is 2.04 bits per heavy atom. The van der Waals surface area contributed by atoms with E-state index >= 15 is 0 Å². The topological polar surface area (TPSA) is 42.8 Å². The molecule has 1 aliphatic rings. The molecule has 2 atom stereocenters. The maximum absolute atomic E-state index is 12.6. The molecule has 0 bridgehead atoms. The van der Waals surface area contributed by atoms with E-state index in [0.29, 0.717) is 6.54 Å². The minimum absolute atomic E-state index is 0.0467. The fourth-order valence-electron chi connectivity index (χ4n) is 3.54. The van der Waals surface area contributed by atoms with Gasteiger partial charge < -0.3 is 15.0 Å². The summed E-state index contributed by atoms with van der Waals surface area (Å²) in [4.78, 5) is 16.7. The number of rotatable bonds is 5. The second kappa shape index (κ2) is 7.61. The zero-order valence-electron chi connectivity index (χ0n) is 14.5. The van der Waals surface area contributed by atoms with E-state index in [-0.39, 0.29) is 11.9 Å². The summed E-state index contributed by atoms with van der Waals surface area (Å²) < 4.78 is 5.16. The number of ether oxygens (including phenoxy) is 1. The molecule has 1 aliphatic heterocycles. The first-order chi connectivity index (χ1) is 12.7. The van der Waals surface area contributed by atoms with Gasteiger partial charge in [0.15, 0.2) is 6.54 Å². The van der Waals surface area contributed by atoms with E-state index in [2.05, 4.69) is 34.3 Å². The molecule has 1 amide bonds. The van der Waals surface area contributed by atoms with E-state index in [4.69, 9.17) is 4.74 Å². The molecule has 0 fully saturated rings. The van der Waals surface area contributed by atoms with Crippen LogP contribution in [0.25, 0.3) is 0 Å². The van der Waals surface area contributed by atoms with Crippen LogP contribution in [0, 0.1) is 0 Å². The molecule has 0 spiro atoms. The van der Waals surface area contributed by atoms with Gasteiger partial charge in [-0.3, -0.25) is 4.79 Å². The Morgan fingerprint density at radius 3 is 2.77 bits per heavy atom. The Balaban J connectivity index is 1.50. The molecule has 0 aliphatic carbocycles. The van der Waals surface area contributed by atoms with Crippen LogP contribution in [-0.4, -0.2) is 26.1 Å². The average Bonchev–Trinajstić information content (AvgIpc) is 3.34. The lowest BCUT2D eigenvalue weighted by Gasteiger charge is -2.31. The summed E-state index contributed by atoms with van der Waals surface area (Å²) in [7, 11) is 1.64. The lowest BCUT2D eigenvalue weighted by Crippen LogP contribution is -3.14.